The molecule has 0 aromatic heterocycles. The number of ether oxygens (including phenoxy) is 1. The number of carbonyl (C=O) groups excluding carboxylic acids is 2. The first kappa shape index (κ1) is 19.5. The summed E-state index contributed by atoms with van der Waals surface area (Å²) in [5.41, 5.74) is 8.02. The van der Waals surface area contributed by atoms with Crippen molar-refractivity contribution in [3.8, 4) is 5.75 Å². The number of anilines is 2. The molecule has 1 aromatic rings. The molecule has 1 rings (SSSR count). The molecule has 0 fully saturated rings. The maximum absolute atomic E-state index is 11.7. The van der Waals surface area contributed by atoms with E-state index in [1.54, 1.807) is 20.0 Å². The molecule has 7 heteroatoms. The summed E-state index contributed by atoms with van der Waals surface area (Å²) in [6.07, 6.45) is 0. The van der Waals surface area contributed by atoms with E-state index in [0.29, 0.717) is 41.2 Å². The van der Waals surface area contributed by atoms with E-state index in [1.807, 2.05) is 4.90 Å². The minimum Gasteiger partial charge on any atom is -0.495 e. The topological polar surface area (TPSA) is 105 Å². The fraction of sp³-hybridized carbons (Fsp3) is 0.412. The van der Waals surface area contributed by atoms with E-state index in [4.69, 9.17) is 10.5 Å². The number of hydrogen-bond acceptors (Lipinski definition) is 6. The Morgan fingerprint density at radius 3 is 2.50 bits per heavy atom. The van der Waals surface area contributed by atoms with Gasteiger partial charge in [0, 0.05) is 36.8 Å². The Kier molecular flexibility index (Phi) is 6.79. The molecule has 7 nitrogen and oxygen atoms in total. The van der Waals surface area contributed by atoms with E-state index >= 15 is 0 Å². The van der Waals surface area contributed by atoms with Gasteiger partial charge in [0.25, 0.3) is 0 Å². The third kappa shape index (κ3) is 4.26. The van der Waals surface area contributed by atoms with Crippen LogP contribution in [0.5, 0.6) is 5.75 Å². The molecule has 132 valence electrons. The van der Waals surface area contributed by atoms with Crippen LogP contribution in [0.3, 0.4) is 0 Å². The Labute approximate surface area is 142 Å². The highest BCUT2D eigenvalue weighted by atomic mass is 16.5. The zero-order chi connectivity index (χ0) is 18.4. The lowest BCUT2D eigenvalue weighted by Crippen LogP contribution is -2.34. The van der Waals surface area contributed by atoms with Crippen molar-refractivity contribution in [2.45, 2.75) is 20.5 Å². The van der Waals surface area contributed by atoms with Crippen molar-refractivity contribution < 1.29 is 19.4 Å². The quantitative estimate of drug-likeness (QED) is 0.373. The van der Waals surface area contributed by atoms with Gasteiger partial charge in [-0.05, 0) is 19.9 Å². The molecule has 0 aliphatic carbocycles. The SMILES string of the molecule is C=C(C)C(=O)NCCN(C)c1c(OC)cc(C(C)=O)c(N)c1CO. The van der Waals surface area contributed by atoms with Gasteiger partial charge in [-0.3, -0.25) is 9.59 Å². The average Bonchev–Trinajstić information content (AvgIpc) is 2.53. The van der Waals surface area contributed by atoms with Crippen LogP contribution in [-0.2, 0) is 11.4 Å². The molecule has 0 saturated carbocycles. The van der Waals surface area contributed by atoms with Gasteiger partial charge < -0.3 is 25.8 Å². The van der Waals surface area contributed by atoms with Crippen LogP contribution in [0, 0.1) is 0 Å². The number of aliphatic hydroxyl groups excluding tert-OH is 1. The van der Waals surface area contributed by atoms with Crippen molar-refractivity contribution in [2.24, 2.45) is 0 Å². The molecule has 0 heterocycles. The smallest absolute Gasteiger partial charge is 0.246 e. The number of methoxy groups -OCH3 is 1. The van der Waals surface area contributed by atoms with Gasteiger partial charge in [0.2, 0.25) is 5.91 Å². The molecular formula is C17H25N3O4. The minimum absolute atomic E-state index is 0.205. The predicted octanol–water partition coefficient (Wildman–Crippen LogP) is 1.10. The normalized spacial score (nSPS) is 10.2. The van der Waals surface area contributed by atoms with Crippen molar-refractivity contribution in [1.29, 1.82) is 0 Å². The molecule has 0 unspecified atom stereocenters. The monoisotopic (exact) mass is 335 g/mol. The Morgan fingerprint density at radius 1 is 1.42 bits per heavy atom. The first-order chi connectivity index (χ1) is 11.2. The average molecular weight is 335 g/mol. The van der Waals surface area contributed by atoms with E-state index in [-0.39, 0.29) is 24.0 Å². The van der Waals surface area contributed by atoms with Gasteiger partial charge in [-0.1, -0.05) is 6.58 Å². The van der Waals surface area contributed by atoms with Crippen LogP contribution in [0.15, 0.2) is 18.2 Å². The van der Waals surface area contributed by atoms with E-state index in [1.165, 1.54) is 14.0 Å². The molecule has 0 saturated heterocycles. The first-order valence-corrected chi connectivity index (χ1v) is 7.50. The number of benzene rings is 1. The zero-order valence-electron chi connectivity index (χ0n) is 14.6. The van der Waals surface area contributed by atoms with Gasteiger partial charge in [-0.15, -0.1) is 0 Å². The fourth-order valence-electron chi connectivity index (χ4n) is 2.34. The maximum Gasteiger partial charge on any atom is 0.246 e. The number of nitrogen functional groups attached to an aromatic ring is 1. The molecule has 0 aliphatic rings. The third-order valence-corrected chi connectivity index (χ3v) is 3.67. The lowest BCUT2D eigenvalue weighted by atomic mass is 10.0. The second-order valence-electron chi connectivity index (χ2n) is 5.54. The van der Waals surface area contributed by atoms with Crippen molar-refractivity contribution in [1.82, 2.24) is 5.32 Å². The highest BCUT2D eigenvalue weighted by Crippen LogP contribution is 2.38. The Morgan fingerprint density at radius 2 is 2.04 bits per heavy atom. The standard InChI is InChI=1S/C17H25N3O4/c1-10(2)17(23)19-6-7-20(4)16-13(9-21)15(18)12(11(3)22)8-14(16)24-5/h8,21H,1,6-7,9,18H2,2-5H3,(H,19,23). The third-order valence-electron chi connectivity index (χ3n) is 3.67. The van der Waals surface area contributed by atoms with Crippen molar-refractivity contribution in [3.63, 3.8) is 0 Å². The van der Waals surface area contributed by atoms with Crippen molar-refractivity contribution >= 4 is 23.1 Å². The summed E-state index contributed by atoms with van der Waals surface area (Å²) in [6.45, 7) is 7.12. The summed E-state index contributed by atoms with van der Waals surface area (Å²) in [4.78, 5) is 25.0. The number of nitrogens with zero attached hydrogens (tertiary/aromatic N) is 1. The summed E-state index contributed by atoms with van der Waals surface area (Å²) >= 11 is 0. The van der Waals surface area contributed by atoms with Crippen LogP contribution in [0.25, 0.3) is 0 Å². The Balaban J connectivity index is 3.12. The van der Waals surface area contributed by atoms with E-state index in [0.717, 1.165) is 0 Å². The van der Waals surface area contributed by atoms with Crippen LogP contribution in [0.2, 0.25) is 0 Å². The second-order valence-corrected chi connectivity index (χ2v) is 5.54. The molecule has 4 N–H and O–H groups in total. The number of carbonyl (C=O) groups is 2. The minimum atomic E-state index is -0.332. The van der Waals surface area contributed by atoms with Crippen LogP contribution >= 0.6 is 0 Å². The number of amides is 1. The highest BCUT2D eigenvalue weighted by Gasteiger charge is 2.21. The van der Waals surface area contributed by atoms with Gasteiger partial charge in [-0.2, -0.15) is 0 Å². The molecule has 0 spiro atoms. The summed E-state index contributed by atoms with van der Waals surface area (Å²) < 4.78 is 5.36. The first-order valence-electron chi connectivity index (χ1n) is 7.50. The number of nitrogens with one attached hydrogen (secondary N) is 1. The fourth-order valence-corrected chi connectivity index (χ4v) is 2.34. The van der Waals surface area contributed by atoms with Crippen LogP contribution < -0.4 is 20.7 Å². The molecule has 0 radical (unpaired) electrons. The summed E-state index contributed by atoms with van der Waals surface area (Å²) in [5, 5.41) is 12.4. The lowest BCUT2D eigenvalue weighted by Gasteiger charge is -2.26. The van der Waals surface area contributed by atoms with E-state index in [2.05, 4.69) is 11.9 Å². The zero-order valence-corrected chi connectivity index (χ0v) is 14.6. The van der Waals surface area contributed by atoms with Gasteiger partial charge >= 0.3 is 0 Å². The summed E-state index contributed by atoms with van der Waals surface area (Å²) in [7, 11) is 3.27. The number of likely N-dealkylation sites (N-methyl/N-ethyl adjacent to an activating group) is 1. The van der Waals surface area contributed by atoms with Gasteiger partial charge in [0.1, 0.15) is 5.75 Å². The van der Waals surface area contributed by atoms with Crippen LogP contribution in [-0.4, -0.2) is 44.0 Å². The van der Waals surface area contributed by atoms with Gasteiger partial charge in [0.05, 0.1) is 25.1 Å². The van der Waals surface area contributed by atoms with Gasteiger partial charge in [-0.25, -0.2) is 0 Å². The lowest BCUT2D eigenvalue weighted by molar-refractivity contribution is -0.117. The molecular weight excluding hydrogens is 310 g/mol. The van der Waals surface area contributed by atoms with Crippen molar-refractivity contribution in [3.05, 3.63) is 29.3 Å². The summed E-state index contributed by atoms with van der Waals surface area (Å²) in [5.74, 6) is 0.0137. The number of hydrogen-bond donors (Lipinski definition) is 3. The predicted molar refractivity (Wildman–Crippen MR) is 94.4 cm³/mol. The van der Waals surface area contributed by atoms with Gasteiger partial charge in [0.15, 0.2) is 5.78 Å². The summed E-state index contributed by atoms with van der Waals surface area (Å²) in [6, 6.07) is 1.56. The largest absolute Gasteiger partial charge is 0.495 e. The maximum atomic E-state index is 11.7. The molecule has 1 aromatic carbocycles. The Hall–Kier alpha value is -2.54. The second kappa shape index (κ2) is 8.35. The number of ketones is 1. The van der Waals surface area contributed by atoms with E-state index < -0.39 is 0 Å². The molecule has 0 atom stereocenters. The number of Topliss-reactive ketones (excluding diaryl/α,β-unsaturated/α-hetero) is 1. The highest BCUT2D eigenvalue weighted by molar-refractivity contribution is 6.01. The molecule has 0 bridgehead atoms. The van der Waals surface area contributed by atoms with Crippen LogP contribution in [0.4, 0.5) is 11.4 Å². The number of nitrogens with two attached hydrogens (primary N) is 1. The molecule has 1 amide bonds. The number of aliphatic hydroxyl groups is 1. The molecule has 24 heavy (non-hydrogen) atoms. The van der Waals surface area contributed by atoms with Crippen LogP contribution in [0.1, 0.15) is 29.8 Å². The number of rotatable bonds is 8. The molecule has 0 aliphatic heterocycles. The Bertz CT molecular complexity index is 656. The van der Waals surface area contributed by atoms with E-state index in [9.17, 15) is 14.7 Å². The van der Waals surface area contributed by atoms with Crippen molar-refractivity contribution in [2.75, 3.05) is 37.9 Å².